The first-order chi connectivity index (χ1) is 19.3. The van der Waals surface area contributed by atoms with E-state index < -0.39 is 23.4 Å². The highest BCUT2D eigenvalue weighted by molar-refractivity contribution is 6.09. The van der Waals surface area contributed by atoms with E-state index in [1.54, 1.807) is 36.2 Å². The SMILES string of the molecule is Cc1cc(N2CC[C@@](C#N)(C3CC3)C2O)cc(C(=O)NCc2cc(F)cc(C(C=NC3CCCCO3)=CN)c2)n1. The van der Waals surface area contributed by atoms with E-state index in [2.05, 4.69) is 21.4 Å². The lowest BCUT2D eigenvalue weighted by Gasteiger charge is -2.30. The smallest absolute Gasteiger partial charge is 0.270 e. The molecule has 1 amide bonds. The summed E-state index contributed by atoms with van der Waals surface area (Å²) in [5.41, 5.74) is 8.13. The van der Waals surface area contributed by atoms with Crippen LogP contribution >= 0.6 is 0 Å². The van der Waals surface area contributed by atoms with Crippen LogP contribution < -0.4 is 16.0 Å². The third-order valence-corrected chi connectivity index (χ3v) is 8.00. The van der Waals surface area contributed by atoms with Gasteiger partial charge in [-0.25, -0.2) is 9.37 Å². The standard InChI is InChI=1S/C30H35FN6O3/c1-19-10-25(37-8-7-30(18-33,29(37)39)23-5-6-23)14-26(36-19)28(38)35-16-20-11-21(13-24(31)12-20)22(15-32)17-34-27-4-2-3-9-40-27/h10-15,17,23,27,29,39H,2-9,16,32H2,1H3,(H,35,38)/t27?,29?,30-/m1/s1. The van der Waals surface area contributed by atoms with E-state index in [-0.39, 0.29) is 24.4 Å². The maximum absolute atomic E-state index is 14.5. The minimum atomic E-state index is -0.938. The molecule has 3 atom stereocenters. The number of halogens is 1. The third-order valence-electron chi connectivity index (χ3n) is 8.00. The van der Waals surface area contributed by atoms with Crippen molar-refractivity contribution in [2.75, 3.05) is 18.1 Å². The number of aliphatic hydroxyl groups is 1. The van der Waals surface area contributed by atoms with Crippen LogP contribution in [-0.4, -0.2) is 47.8 Å². The second-order valence-electron chi connectivity index (χ2n) is 10.8. The summed E-state index contributed by atoms with van der Waals surface area (Å²) in [5, 5.41) is 23.8. The zero-order valence-electron chi connectivity index (χ0n) is 22.6. The Morgan fingerprint density at radius 2 is 2.15 bits per heavy atom. The molecule has 1 saturated carbocycles. The molecule has 3 aliphatic rings. The van der Waals surface area contributed by atoms with Crippen molar-refractivity contribution in [2.24, 2.45) is 22.1 Å². The minimum absolute atomic E-state index is 0.0703. The summed E-state index contributed by atoms with van der Waals surface area (Å²) < 4.78 is 20.1. The lowest BCUT2D eigenvalue weighted by atomic mass is 9.82. The summed E-state index contributed by atoms with van der Waals surface area (Å²) in [6.45, 7) is 3.04. The van der Waals surface area contributed by atoms with E-state index in [0.29, 0.717) is 47.7 Å². The van der Waals surface area contributed by atoms with E-state index in [4.69, 9.17) is 10.5 Å². The number of carbonyl (C=O) groups excluding carboxylic acids is 1. The molecule has 2 unspecified atom stereocenters. The predicted molar refractivity (Wildman–Crippen MR) is 150 cm³/mol. The number of anilines is 1. The number of hydrogen-bond donors (Lipinski definition) is 3. The Hall–Kier alpha value is -3.81. The summed E-state index contributed by atoms with van der Waals surface area (Å²) in [6, 6.07) is 10.3. The number of hydrogen-bond acceptors (Lipinski definition) is 8. The van der Waals surface area contributed by atoms with E-state index in [9.17, 15) is 19.6 Å². The highest BCUT2D eigenvalue weighted by Gasteiger charge is 2.56. The lowest BCUT2D eigenvalue weighted by Crippen LogP contribution is -2.40. The molecule has 1 aromatic carbocycles. The van der Waals surface area contributed by atoms with Gasteiger partial charge >= 0.3 is 0 Å². The van der Waals surface area contributed by atoms with Gasteiger partial charge in [0.1, 0.15) is 29.4 Å². The van der Waals surface area contributed by atoms with Crippen LogP contribution in [0.1, 0.15) is 65.8 Å². The molecule has 40 heavy (non-hydrogen) atoms. The van der Waals surface area contributed by atoms with Gasteiger partial charge in [-0.1, -0.05) is 0 Å². The molecule has 4 N–H and O–H groups in total. The lowest BCUT2D eigenvalue weighted by molar-refractivity contribution is 0.0227. The number of nitriles is 1. The summed E-state index contributed by atoms with van der Waals surface area (Å²) in [7, 11) is 0. The Morgan fingerprint density at radius 1 is 1.32 bits per heavy atom. The molecule has 0 spiro atoms. The second kappa shape index (κ2) is 11.7. The number of nitrogens with one attached hydrogen (secondary N) is 1. The number of nitrogens with two attached hydrogens (primary N) is 1. The molecular weight excluding hydrogens is 511 g/mol. The molecule has 0 bridgehead atoms. The topological polar surface area (TPSA) is 137 Å². The number of carbonyl (C=O) groups is 1. The van der Waals surface area contributed by atoms with Gasteiger partial charge in [0, 0.05) is 49.1 Å². The molecule has 9 nitrogen and oxygen atoms in total. The van der Waals surface area contributed by atoms with Crippen LogP contribution in [0.5, 0.6) is 0 Å². The number of benzene rings is 1. The number of pyridine rings is 1. The number of aliphatic hydroxyl groups excluding tert-OH is 1. The van der Waals surface area contributed by atoms with Crippen LogP contribution in [0.25, 0.3) is 5.57 Å². The van der Waals surface area contributed by atoms with Gasteiger partial charge in [-0.2, -0.15) is 5.26 Å². The molecule has 1 aromatic heterocycles. The zero-order valence-corrected chi connectivity index (χ0v) is 22.6. The van der Waals surface area contributed by atoms with Crippen molar-refractivity contribution in [3.63, 3.8) is 0 Å². The number of aryl methyl sites for hydroxylation is 1. The summed E-state index contributed by atoms with van der Waals surface area (Å²) in [5.74, 6) is -0.677. The average molecular weight is 547 g/mol. The Labute approximate surface area is 233 Å². The maximum atomic E-state index is 14.5. The van der Waals surface area contributed by atoms with Crippen molar-refractivity contribution >= 4 is 23.4 Å². The molecule has 5 rings (SSSR count). The van der Waals surface area contributed by atoms with Gasteiger partial charge < -0.3 is 25.8 Å². The largest absolute Gasteiger partial charge is 0.404 e. The normalized spacial score (nSPS) is 25.2. The van der Waals surface area contributed by atoms with Gasteiger partial charge in [-0.3, -0.25) is 9.79 Å². The van der Waals surface area contributed by atoms with Crippen LogP contribution in [0.4, 0.5) is 10.1 Å². The number of allylic oxidation sites excluding steroid dienone is 1. The Bertz CT molecular complexity index is 1360. The third kappa shape index (κ3) is 5.86. The predicted octanol–water partition coefficient (Wildman–Crippen LogP) is 3.80. The number of amides is 1. The van der Waals surface area contributed by atoms with Gasteiger partial charge in [0.15, 0.2) is 0 Å². The Kier molecular flexibility index (Phi) is 8.14. The van der Waals surface area contributed by atoms with Crippen LogP contribution in [0.3, 0.4) is 0 Å². The molecule has 210 valence electrons. The van der Waals surface area contributed by atoms with E-state index >= 15 is 0 Å². The number of aliphatic imine (C=N–C) groups is 1. The van der Waals surface area contributed by atoms with Crippen molar-refractivity contribution in [2.45, 2.75) is 64.4 Å². The molecule has 0 radical (unpaired) electrons. The quantitative estimate of drug-likeness (QED) is 0.428. The zero-order chi connectivity index (χ0) is 28.3. The van der Waals surface area contributed by atoms with E-state index in [1.165, 1.54) is 18.3 Å². The summed E-state index contributed by atoms with van der Waals surface area (Å²) in [4.78, 5) is 23.7. The fourth-order valence-electron chi connectivity index (χ4n) is 5.67. The van der Waals surface area contributed by atoms with Crippen molar-refractivity contribution in [3.8, 4) is 6.07 Å². The van der Waals surface area contributed by atoms with Gasteiger partial charge in [0.25, 0.3) is 5.91 Å². The monoisotopic (exact) mass is 546 g/mol. The van der Waals surface area contributed by atoms with Crippen molar-refractivity contribution in [1.82, 2.24) is 10.3 Å². The fraction of sp³-hybridized carbons (Fsp3) is 0.467. The summed E-state index contributed by atoms with van der Waals surface area (Å²) >= 11 is 0. The maximum Gasteiger partial charge on any atom is 0.270 e. The number of rotatable bonds is 8. The molecule has 2 aromatic rings. The Morgan fingerprint density at radius 3 is 2.85 bits per heavy atom. The molecule has 3 fully saturated rings. The molecule has 2 saturated heterocycles. The fourth-order valence-corrected chi connectivity index (χ4v) is 5.67. The van der Waals surface area contributed by atoms with E-state index in [1.807, 2.05) is 0 Å². The van der Waals surface area contributed by atoms with Crippen molar-refractivity contribution in [3.05, 3.63) is 64.9 Å². The van der Waals surface area contributed by atoms with Gasteiger partial charge in [0.05, 0.1) is 6.07 Å². The Balaban J connectivity index is 1.27. The van der Waals surface area contributed by atoms with Crippen LogP contribution in [0, 0.1) is 35.4 Å². The first-order valence-corrected chi connectivity index (χ1v) is 13.8. The summed E-state index contributed by atoms with van der Waals surface area (Å²) in [6.07, 6.45) is 7.19. The van der Waals surface area contributed by atoms with Crippen molar-refractivity contribution < 1.29 is 19.0 Å². The first kappa shape index (κ1) is 27.7. The van der Waals surface area contributed by atoms with Crippen molar-refractivity contribution in [1.29, 1.82) is 5.26 Å². The highest BCUT2D eigenvalue weighted by Crippen LogP contribution is 2.53. The molecule has 2 aliphatic heterocycles. The van der Waals surface area contributed by atoms with Gasteiger partial charge in [-0.15, -0.1) is 0 Å². The van der Waals surface area contributed by atoms with Crippen LogP contribution in [0.15, 0.2) is 41.5 Å². The molecule has 1 aliphatic carbocycles. The minimum Gasteiger partial charge on any atom is -0.404 e. The van der Waals surface area contributed by atoms with Crippen LogP contribution in [0.2, 0.25) is 0 Å². The number of ether oxygens (including phenoxy) is 1. The van der Waals surface area contributed by atoms with Crippen LogP contribution in [-0.2, 0) is 11.3 Å². The number of aromatic nitrogens is 1. The molecule has 3 heterocycles. The average Bonchev–Trinajstić information content (AvgIpc) is 3.75. The highest BCUT2D eigenvalue weighted by atomic mass is 19.1. The molecule has 10 heteroatoms. The van der Waals surface area contributed by atoms with E-state index in [0.717, 1.165) is 32.1 Å². The number of nitrogens with zero attached hydrogens (tertiary/aromatic N) is 4. The second-order valence-corrected chi connectivity index (χ2v) is 10.8. The first-order valence-electron chi connectivity index (χ1n) is 13.8. The molecular formula is C30H35FN6O3. The van der Waals surface area contributed by atoms with Gasteiger partial charge in [-0.05, 0) is 92.8 Å². The van der Waals surface area contributed by atoms with Gasteiger partial charge in [0.2, 0.25) is 0 Å².